The van der Waals surface area contributed by atoms with Gasteiger partial charge in [-0.1, -0.05) is 32.0 Å². The van der Waals surface area contributed by atoms with Crippen LogP contribution in [0.5, 0.6) is 0 Å². The molecule has 96 valence electrons. The van der Waals surface area contributed by atoms with E-state index in [9.17, 15) is 5.11 Å². The number of hydrogen-bond acceptors (Lipinski definition) is 3. The number of para-hydroxylation sites is 1. The molecule has 1 atom stereocenters. The maximum absolute atomic E-state index is 9.89. The molecule has 1 rings (SSSR count). The number of aliphatic hydroxyl groups is 1. The molecule has 0 radical (unpaired) electrons. The van der Waals surface area contributed by atoms with Crippen LogP contribution >= 0.6 is 0 Å². The quantitative estimate of drug-likeness (QED) is 0.757. The summed E-state index contributed by atoms with van der Waals surface area (Å²) in [6.07, 6.45) is -0.334. The van der Waals surface area contributed by atoms with Gasteiger partial charge in [-0.25, -0.2) is 0 Å². The third-order valence-electron chi connectivity index (χ3n) is 2.61. The van der Waals surface area contributed by atoms with Gasteiger partial charge in [-0.15, -0.1) is 0 Å². The van der Waals surface area contributed by atoms with Gasteiger partial charge in [-0.3, -0.25) is 0 Å². The van der Waals surface area contributed by atoms with Crippen molar-refractivity contribution in [3.63, 3.8) is 0 Å². The highest BCUT2D eigenvalue weighted by atomic mass is 16.3. The van der Waals surface area contributed by atoms with Crippen molar-refractivity contribution in [2.45, 2.75) is 20.0 Å². The average Bonchev–Trinajstić information content (AvgIpc) is 2.29. The fraction of sp³-hybridized carbons (Fsp3) is 0.571. The molecule has 0 bridgehead atoms. The zero-order valence-corrected chi connectivity index (χ0v) is 11.1. The van der Waals surface area contributed by atoms with Gasteiger partial charge in [0.1, 0.15) is 0 Å². The maximum atomic E-state index is 9.89. The second kappa shape index (κ2) is 7.30. The number of rotatable bonds is 7. The van der Waals surface area contributed by atoms with E-state index in [1.165, 1.54) is 0 Å². The molecule has 2 N–H and O–H groups in total. The number of nitrogens with one attached hydrogen (secondary N) is 1. The molecule has 0 amide bonds. The highest BCUT2D eigenvalue weighted by Gasteiger charge is 2.08. The van der Waals surface area contributed by atoms with Gasteiger partial charge in [0.15, 0.2) is 0 Å². The van der Waals surface area contributed by atoms with Crippen molar-refractivity contribution >= 4 is 5.69 Å². The van der Waals surface area contributed by atoms with Crippen molar-refractivity contribution < 1.29 is 5.11 Å². The number of aliphatic hydroxyl groups excluding tert-OH is 1. The predicted molar refractivity (Wildman–Crippen MR) is 73.4 cm³/mol. The first-order chi connectivity index (χ1) is 8.09. The van der Waals surface area contributed by atoms with Gasteiger partial charge in [0, 0.05) is 25.8 Å². The first-order valence-electron chi connectivity index (χ1n) is 6.24. The number of benzene rings is 1. The number of anilines is 1. The van der Waals surface area contributed by atoms with E-state index in [-0.39, 0.29) is 6.10 Å². The van der Waals surface area contributed by atoms with E-state index in [4.69, 9.17) is 0 Å². The Hall–Kier alpha value is -1.06. The summed E-state index contributed by atoms with van der Waals surface area (Å²) in [4.78, 5) is 2.07. The minimum absolute atomic E-state index is 0.334. The highest BCUT2D eigenvalue weighted by Crippen LogP contribution is 2.10. The summed E-state index contributed by atoms with van der Waals surface area (Å²) in [5.41, 5.74) is 1.13. The van der Waals surface area contributed by atoms with E-state index in [1.807, 2.05) is 37.4 Å². The Morgan fingerprint density at radius 2 is 1.82 bits per heavy atom. The SMILES string of the molecule is CC(C)CNCC(O)CN(C)c1ccccc1. The molecule has 1 unspecified atom stereocenters. The van der Waals surface area contributed by atoms with Gasteiger partial charge >= 0.3 is 0 Å². The van der Waals surface area contributed by atoms with Crippen LogP contribution in [0.25, 0.3) is 0 Å². The summed E-state index contributed by atoms with van der Waals surface area (Å²) in [5, 5.41) is 13.2. The lowest BCUT2D eigenvalue weighted by Crippen LogP contribution is -2.37. The van der Waals surface area contributed by atoms with Crippen molar-refractivity contribution in [1.82, 2.24) is 5.32 Å². The van der Waals surface area contributed by atoms with E-state index < -0.39 is 0 Å². The van der Waals surface area contributed by atoms with Crippen molar-refractivity contribution in [3.05, 3.63) is 30.3 Å². The Bertz CT molecular complexity index is 300. The van der Waals surface area contributed by atoms with E-state index >= 15 is 0 Å². The van der Waals surface area contributed by atoms with Crippen LogP contribution in [-0.2, 0) is 0 Å². The van der Waals surface area contributed by atoms with Crippen LogP contribution in [0.4, 0.5) is 5.69 Å². The summed E-state index contributed by atoms with van der Waals surface area (Å²) in [7, 11) is 2.00. The summed E-state index contributed by atoms with van der Waals surface area (Å²) in [6, 6.07) is 10.1. The van der Waals surface area contributed by atoms with Crippen molar-refractivity contribution in [2.75, 3.05) is 31.6 Å². The molecular formula is C14H24N2O. The van der Waals surface area contributed by atoms with Crippen molar-refractivity contribution in [2.24, 2.45) is 5.92 Å². The standard InChI is InChI=1S/C14H24N2O/c1-12(2)9-15-10-14(17)11-16(3)13-7-5-4-6-8-13/h4-8,12,14-15,17H,9-11H2,1-3H3. The Balaban J connectivity index is 2.28. The lowest BCUT2D eigenvalue weighted by Gasteiger charge is -2.23. The minimum Gasteiger partial charge on any atom is -0.390 e. The van der Waals surface area contributed by atoms with Crippen LogP contribution in [0.15, 0.2) is 30.3 Å². The Morgan fingerprint density at radius 1 is 1.18 bits per heavy atom. The number of hydrogen-bond donors (Lipinski definition) is 2. The molecule has 0 fully saturated rings. The molecule has 1 aromatic carbocycles. The summed E-state index contributed by atoms with van der Waals surface area (Å²) < 4.78 is 0. The first-order valence-corrected chi connectivity index (χ1v) is 6.24. The molecule has 3 nitrogen and oxygen atoms in total. The number of nitrogens with zero attached hydrogens (tertiary/aromatic N) is 1. The minimum atomic E-state index is -0.334. The van der Waals surface area contributed by atoms with Crippen molar-refractivity contribution in [1.29, 1.82) is 0 Å². The van der Waals surface area contributed by atoms with E-state index in [1.54, 1.807) is 0 Å². The first kappa shape index (κ1) is 14.0. The molecule has 0 aliphatic heterocycles. The van der Waals surface area contributed by atoms with E-state index in [0.29, 0.717) is 19.0 Å². The molecular weight excluding hydrogens is 212 g/mol. The topological polar surface area (TPSA) is 35.5 Å². The highest BCUT2D eigenvalue weighted by molar-refractivity contribution is 5.45. The fourth-order valence-corrected chi connectivity index (χ4v) is 1.71. The molecule has 17 heavy (non-hydrogen) atoms. The van der Waals surface area contributed by atoms with Crippen LogP contribution < -0.4 is 10.2 Å². The lowest BCUT2D eigenvalue weighted by molar-refractivity contribution is 0.177. The van der Waals surface area contributed by atoms with Gasteiger partial charge in [0.25, 0.3) is 0 Å². The molecule has 0 aromatic heterocycles. The summed E-state index contributed by atoms with van der Waals surface area (Å²) in [5.74, 6) is 0.619. The van der Waals surface area contributed by atoms with E-state index in [2.05, 4.69) is 24.1 Å². The smallest absolute Gasteiger partial charge is 0.0839 e. The molecule has 0 saturated carbocycles. The van der Waals surface area contributed by atoms with Gasteiger partial charge in [-0.2, -0.15) is 0 Å². The predicted octanol–water partition coefficient (Wildman–Crippen LogP) is 1.73. The van der Waals surface area contributed by atoms with Gasteiger partial charge in [0.2, 0.25) is 0 Å². The van der Waals surface area contributed by atoms with Crippen LogP contribution in [0.2, 0.25) is 0 Å². The molecule has 3 heteroatoms. The largest absolute Gasteiger partial charge is 0.390 e. The molecule has 0 aliphatic carbocycles. The third-order valence-corrected chi connectivity index (χ3v) is 2.61. The Morgan fingerprint density at radius 3 is 2.41 bits per heavy atom. The van der Waals surface area contributed by atoms with Crippen LogP contribution in [0, 0.1) is 5.92 Å². The van der Waals surface area contributed by atoms with Gasteiger partial charge in [-0.05, 0) is 24.6 Å². The zero-order chi connectivity index (χ0) is 12.7. The maximum Gasteiger partial charge on any atom is 0.0839 e. The van der Waals surface area contributed by atoms with Crippen LogP contribution in [-0.4, -0.2) is 37.9 Å². The third kappa shape index (κ3) is 5.71. The second-order valence-electron chi connectivity index (χ2n) is 4.92. The van der Waals surface area contributed by atoms with E-state index in [0.717, 1.165) is 12.2 Å². The van der Waals surface area contributed by atoms with Gasteiger partial charge in [0.05, 0.1) is 6.10 Å². The molecule has 0 spiro atoms. The second-order valence-corrected chi connectivity index (χ2v) is 4.92. The molecule has 0 aliphatic rings. The monoisotopic (exact) mass is 236 g/mol. The molecule has 0 saturated heterocycles. The average molecular weight is 236 g/mol. The lowest BCUT2D eigenvalue weighted by atomic mass is 10.2. The Labute approximate surface area is 104 Å². The van der Waals surface area contributed by atoms with Crippen molar-refractivity contribution in [3.8, 4) is 0 Å². The summed E-state index contributed by atoms with van der Waals surface area (Å²) in [6.45, 7) is 6.57. The normalized spacial score (nSPS) is 12.8. The summed E-state index contributed by atoms with van der Waals surface area (Å²) >= 11 is 0. The van der Waals surface area contributed by atoms with Gasteiger partial charge < -0.3 is 15.3 Å². The van der Waals surface area contributed by atoms with Crippen LogP contribution in [0.3, 0.4) is 0 Å². The Kier molecular flexibility index (Phi) is 6.01. The number of likely N-dealkylation sites (N-methyl/N-ethyl adjacent to an activating group) is 1. The zero-order valence-electron chi connectivity index (χ0n) is 11.1. The molecule has 1 aromatic rings. The fourth-order valence-electron chi connectivity index (χ4n) is 1.71. The molecule has 0 heterocycles. The van der Waals surface area contributed by atoms with Crippen LogP contribution in [0.1, 0.15) is 13.8 Å².